The molecule has 3 aliphatic rings. The molecule has 2 aromatic rings. The van der Waals surface area contributed by atoms with Crippen LogP contribution >= 0.6 is 0 Å². The van der Waals surface area contributed by atoms with Crippen LogP contribution in [0.15, 0.2) is 54.1 Å². The van der Waals surface area contributed by atoms with Crippen LogP contribution in [-0.2, 0) is 9.53 Å². The highest BCUT2D eigenvalue weighted by Crippen LogP contribution is 2.39. The molecule has 1 heterocycles. The molecular formula is C33H41NO2. The summed E-state index contributed by atoms with van der Waals surface area (Å²) in [4.78, 5) is 15.3. The molecule has 0 radical (unpaired) electrons. The second-order valence-corrected chi connectivity index (χ2v) is 10.7. The summed E-state index contributed by atoms with van der Waals surface area (Å²) in [6.07, 6.45) is 15.1. The zero-order valence-corrected chi connectivity index (χ0v) is 21.9. The summed E-state index contributed by atoms with van der Waals surface area (Å²) >= 11 is 0. The van der Waals surface area contributed by atoms with Crippen molar-refractivity contribution in [3.63, 3.8) is 0 Å². The smallest absolute Gasteiger partial charge is 0.309 e. The fraction of sp³-hybridized carbons (Fsp3) is 0.485. The van der Waals surface area contributed by atoms with Crippen molar-refractivity contribution >= 4 is 23.7 Å². The van der Waals surface area contributed by atoms with Crippen LogP contribution in [0.1, 0.15) is 87.0 Å². The van der Waals surface area contributed by atoms with E-state index in [1.165, 1.54) is 59.9 Å². The molecule has 36 heavy (non-hydrogen) atoms. The van der Waals surface area contributed by atoms with Gasteiger partial charge in [-0.2, -0.15) is 0 Å². The van der Waals surface area contributed by atoms with Gasteiger partial charge in [0.1, 0.15) is 0 Å². The van der Waals surface area contributed by atoms with Gasteiger partial charge in [0, 0.05) is 13.1 Å². The van der Waals surface area contributed by atoms with Crippen LogP contribution in [0.4, 0.5) is 0 Å². The zero-order valence-electron chi connectivity index (χ0n) is 21.9. The Kier molecular flexibility index (Phi) is 8.38. The minimum Gasteiger partial charge on any atom is -0.466 e. The van der Waals surface area contributed by atoms with Crippen LogP contribution in [0.5, 0.6) is 0 Å². The first-order valence-electron chi connectivity index (χ1n) is 14.2. The Morgan fingerprint density at radius 2 is 1.53 bits per heavy atom. The minimum absolute atomic E-state index is 0.0503. The van der Waals surface area contributed by atoms with Gasteiger partial charge < -0.3 is 9.64 Å². The summed E-state index contributed by atoms with van der Waals surface area (Å²) in [5, 5.41) is 0. The summed E-state index contributed by atoms with van der Waals surface area (Å²) in [6.45, 7) is 5.71. The summed E-state index contributed by atoms with van der Waals surface area (Å²) in [5.74, 6) is 0.674. The molecule has 0 spiro atoms. The van der Waals surface area contributed by atoms with Gasteiger partial charge >= 0.3 is 5.97 Å². The van der Waals surface area contributed by atoms with Crippen molar-refractivity contribution in [1.82, 2.24) is 4.90 Å². The maximum Gasteiger partial charge on any atom is 0.309 e. The number of benzene rings is 2. The van der Waals surface area contributed by atoms with Crippen LogP contribution in [0, 0.1) is 11.8 Å². The first kappa shape index (κ1) is 25.0. The number of esters is 1. The molecule has 0 bridgehead atoms. The predicted molar refractivity (Wildman–Crippen MR) is 149 cm³/mol. The molecule has 0 amide bonds. The number of hydrogen-bond acceptors (Lipinski definition) is 3. The first-order valence-corrected chi connectivity index (χ1v) is 14.2. The van der Waals surface area contributed by atoms with E-state index in [1.807, 2.05) is 6.92 Å². The highest BCUT2D eigenvalue weighted by Gasteiger charge is 2.30. The Hall–Kier alpha value is -2.65. The third-order valence-electron chi connectivity index (χ3n) is 8.51. The van der Waals surface area contributed by atoms with E-state index in [9.17, 15) is 4.79 Å². The minimum atomic E-state index is 0.0503. The monoisotopic (exact) mass is 483 g/mol. The van der Waals surface area contributed by atoms with Gasteiger partial charge in [-0.05, 0) is 85.7 Å². The van der Waals surface area contributed by atoms with Crippen molar-refractivity contribution in [2.75, 3.05) is 26.2 Å². The van der Waals surface area contributed by atoms with Crippen molar-refractivity contribution in [3.8, 4) is 0 Å². The van der Waals surface area contributed by atoms with Crippen LogP contribution in [0.3, 0.4) is 0 Å². The number of rotatable bonds is 7. The number of ether oxygens (including phenoxy) is 1. The largest absolute Gasteiger partial charge is 0.466 e. The van der Waals surface area contributed by atoms with Gasteiger partial charge in [0.05, 0.1) is 12.5 Å². The molecule has 5 rings (SSSR count). The Balaban J connectivity index is 1.25. The van der Waals surface area contributed by atoms with E-state index in [0.717, 1.165) is 45.3 Å². The summed E-state index contributed by atoms with van der Waals surface area (Å²) in [5.41, 5.74) is 8.39. The number of hydrogen-bond donors (Lipinski definition) is 0. The lowest BCUT2D eigenvalue weighted by molar-refractivity contribution is -0.150. The molecular weight excluding hydrogens is 442 g/mol. The predicted octanol–water partition coefficient (Wildman–Crippen LogP) is 7.61. The van der Waals surface area contributed by atoms with Gasteiger partial charge in [0.15, 0.2) is 0 Å². The summed E-state index contributed by atoms with van der Waals surface area (Å²) in [7, 11) is 0. The van der Waals surface area contributed by atoms with Gasteiger partial charge in [-0.15, -0.1) is 0 Å². The number of likely N-dealkylation sites (tertiary alicyclic amines) is 1. The average Bonchev–Trinajstić information content (AvgIpc) is 3.09. The van der Waals surface area contributed by atoms with Gasteiger partial charge in [0.2, 0.25) is 0 Å². The lowest BCUT2D eigenvalue weighted by Gasteiger charge is -2.32. The van der Waals surface area contributed by atoms with Crippen LogP contribution < -0.4 is 0 Å². The first-order chi connectivity index (χ1) is 17.7. The molecule has 2 fully saturated rings. The number of nitrogens with zero attached hydrogens (tertiary/aromatic N) is 1. The molecule has 0 aromatic heterocycles. The second kappa shape index (κ2) is 12.1. The topological polar surface area (TPSA) is 29.5 Å². The molecule has 1 saturated carbocycles. The lowest BCUT2D eigenvalue weighted by atomic mass is 9.78. The molecule has 1 aliphatic heterocycles. The van der Waals surface area contributed by atoms with E-state index in [-0.39, 0.29) is 11.9 Å². The van der Waals surface area contributed by atoms with E-state index >= 15 is 0 Å². The molecule has 1 atom stereocenters. The van der Waals surface area contributed by atoms with Crippen LogP contribution in [0.2, 0.25) is 0 Å². The summed E-state index contributed by atoms with van der Waals surface area (Å²) in [6, 6.07) is 17.7. The molecule has 2 aliphatic carbocycles. The Bertz CT molecular complexity index is 1050. The molecule has 0 N–H and O–H groups in total. The van der Waals surface area contributed by atoms with Crippen LogP contribution in [-0.4, -0.2) is 37.1 Å². The average molecular weight is 484 g/mol. The van der Waals surface area contributed by atoms with Crippen molar-refractivity contribution in [2.24, 2.45) is 11.8 Å². The third kappa shape index (κ3) is 5.67. The van der Waals surface area contributed by atoms with Gasteiger partial charge in [-0.1, -0.05) is 85.5 Å². The van der Waals surface area contributed by atoms with Crippen molar-refractivity contribution in [2.45, 2.75) is 64.7 Å². The maximum atomic E-state index is 12.7. The number of carbonyl (C=O) groups excluding carboxylic acids is 1. The van der Waals surface area contributed by atoms with E-state index in [1.54, 1.807) is 5.57 Å². The van der Waals surface area contributed by atoms with E-state index in [2.05, 4.69) is 65.6 Å². The zero-order chi connectivity index (χ0) is 24.7. The SMILES string of the molecule is CCOC(=O)C(CCCN1CCC(=C2c3ccccc3C=Cc3ccccc32)CC1)C1CCCCC1. The number of fused-ring (bicyclic) bond motifs is 2. The highest BCUT2D eigenvalue weighted by molar-refractivity contribution is 5.94. The van der Waals surface area contributed by atoms with E-state index in [4.69, 9.17) is 4.74 Å². The van der Waals surface area contributed by atoms with Crippen LogP contribution in [0.25, 0.3) is 17.7 Å². The molecule has 2 aromatic carbocycles. The van der Waals surface area contributed by atoms with Crippen molar-refractivity contribution in [1.29, 1.82) is 0 Å². The number of carbonyl (C=O) groups is 1. The fourth-order valence-electron chi connectivity index (χ4n) is 6.61. The maximum absolute atomic E-state index is 12.7. The molecule has 3 nitrogen and oxygen atoms in total. The van der Waals surface area contributed by atoms with Gasteiger partial charge in [-0.25, -0.2) is 0 Å². The standard InChI is InChI=1S/C33H41NO2/c1-2-36-33(35)31(25-11-4-3-5-12-25)17-10-22-34-23-20-28(21-24-34)32-29-15-8-6-13-26(29)18-19-27-14-7-9-16-30(27)32/h6-9,13-16,18-19,25,31H,2-5,10-12,17,20-24H2,1H3. The number of piperidine rings is 1. The Morgan fingerprint density at radius 3 is 2.14 bits per heavy atom. The molecule has 3 heteroatoms. The Labute approximate surface area is 217 Å². The van der Waals surface area contributed by atoms with Crippen molar-refractivity contribution in [3.05, 3.63) is 76.4 Å². The molecule has 1 saturated heterocycles. The van der Waals surface area contributed by atoms with Gasteiger partial charge in [-0.3, -0.25) is 4.79 Å². The highest BCUT2D eigenvalue weighted by atomic mass is 16.5. The normalized spacial score (nSPS) is 19.4. The third-order valence-corrected chi connectivity index (χ3v) is 8.51. The molecule has 190 valence electrons. The van der Waals surface area contributed by atoms with Crippen molar-refractivity contribution < 1.29 is 9.53 Å². The van der Waals surface area contributed by atoms with Gasteiger partial charge in [0.25, 0.3) is 0 Å². The quantitative estimate of drug-likeness (QED) is 0.324. The Morgan fingerprint density at radius 1 is 0.917 bits per heavy atom. The lowest BCUT2D eigenvalue weighted by Crippen LogP contribution is -2.33. The summed E-state index contributed by atoms with van der Waals surface area (Å²) < 4.78 is 5.48. The van der Waals surface area contributed by atoms with E-state index in [0.29, 0.717) is 12.5 Å². The second-order valence-electron chi connectivity index (χ2n) is 10.7. The fourth-order valence-corrected chi connectivity index (χ4v) is 6.61. The molecule has 1 unspecified atom stereocenters. The van der Waals surface area contributed by atoms with E-state index < -0.39 is 0 Å².